The summed E-state index contributed by atoms with van der Waals surface area (Å²) in [5.41, 5.74) is 1.86. The van der Waals surface area contributed by atoms with Gasteiger partial charge >= 0.3 is 0 Å². The summed E-state index contributed by atoms with van der Waals surface area (Å²) in [6, 6.07) is 12.6. The van der Waals surface area contributed by atoms with Crippen LogP contribution < -0.4 is 10.9 Å². The zero-order valence-electron chi connectivity index (χ0n) is 17.7. The largest absolute Gasteiger partial charge is 0.377 e. The van der Waals surface area contributed by atoms with Gasteiger partial charge in [0, 0.05) is 30.8 Å². The van der Waals surface area contributed by atoms with Crippen LogP contribution in [0, 0.1) is 0 Å². The van der Waals surface area contributed by atoms with Crippen molar-refractivity contribution in [1.29, 1.82) is 0 Å². The summed E-state index contributed by atoms with van der Waals surface area (Å²) >= 11 is 6.24. The van der Waals surface area contributed by atoms with E-state index >= 15 is 0 Å². The molecular weight excluding hydrogens is 428 g/mol. The van der Waals surface area contributed by atoms with Gasteiger partial charge in [0.1, 0.15) is 0 Å². The van der Waals surface area contributed by atoms with E-state index < -0.39 is 0 Å². The molecule has 32 heavy (non-hydrogen) atoms. The molecule has 2 aromatic carbocycles. The maximum atomic E-state index is 13.1. The third kappa shape index (κ3) is 3.50. The van der Waals surface area contributed by atoms with Crippen molar-refractivity contribution in [1.82, 2.24) is 24.1 Å². The fourth-order valence-electron chi connectivity index (χ4n) is 4.30. The number of fused-ring (bicyclic) bond motifs is 3. The number of aryl methyl sites for hydroxylation is 1. The number of amides is 1. The Morgan fingerprint density at radius 1 is 1.09 bits per heavy atom. The van der Waals surface area contributed by atoms with Crippen LogP contribution >= 0.6 is 11.6 Å². The van der Waals surface area contributed by atoms with E-state index in [2.05, 4.69) is 15.5 Å². The molecule has 0 radical (unpaired) electrons. The van der Waals surface area contributed by atoms with Crippen LogP contribution in [0.2, 0.25) is 5.02 Å². The van der Waals surface area contributed by atoms with Gasteiger partial charge in [-0.1, -0.05) is 23.7 Å². The molecule has 8 nitrogen and oxygen atoms in total. The summed E-state index contributed by atoms with van der Waals surface area (Å²) in [4.78, 5) is 27.7. The lowest BCUT2D eigenvalue weighted by Crippen LogP contribution is -2.36. The number of hydrogen-bond acceptors (Lipinski definition) is 5. The number of carbonyl (C=O) groups excluding carboxylic acids is 1. The Labute approximate surface area is 189 Å². The van der Waals surface area contributed by atoms with Gasteiger partial charge in [0.15, 0.2) is 5.82 Å². The number of likely N-dealkylation sites (tertiary alicyclic amines) is 1. The first-order valence-corrected chi connectivity index (χ1v) is 11.1. The van der Waals surface area contributed by atoms with E-state index in [1.54, 1.807) is 31.3 Å². The minimum Gasteiger partial charge on any atom is -0.377 e. The summed E-state index contributed by atoms with van der Waals surface area (Å²) in [6.07, 6.45) is 3.21. The predicted octanol–water partition coefficient (Wildman–Crippen LogP) is 3.47. The molecule has 4 aromatic rings. The smallest absolute Gasteiger partial charge is 0.262 e. The van der Waals surface area contributed by atoms with E-state index in [1.807, 2.05) is 27.5 Å². The first-order chi connectivity index (χ1) is 15.5. The van der Waals surface area contributed by atoms with Crippen molar-refractivity contribution in [3.63, 3.8) is 0 Å². The van der Waals surface area contributed by atoms with E-state index in [1.165, 1.54) is 4.57 Å². The number of nitrogens with one attached hydrogen (secondary N) is 1. The van der Waals surface area contributed by atoms with Gasteiger partial charge in [0.05, 0.1) is 23.0 Å². The fraction of sp³-hybridized carbons (Fsp3) is 0.304. The molecule has 164 valence electrons. The average molecular weight is 451 g/mol. The van der Waals surface area contributed by atoms with Gasteiger partial charge in [-0.15, -0.1) is 10.2 Å². The van der Waals surface area contributed by atoms with E-state index in [-0.39, 0.29) is 11.5 Å². The molecule has 0 aliphatic carbocycles. The van der Waals surface area contributed by atoms with E-state index in [9.17, 15) is 9.59 Å². The van der Waals surface area contributed by atoms with E-state index in [4.69, 9.17) is 11.6 Å². The predicted molar refractivity (Wildman–Crippen MR) is 124 cm³/mol. The molecule has 0 unspecified atom stereocenters. The molecule has 0 saturated carbocycles. The molecule has 1 amide bonds. The third-order valence-corrected chi connectivity index (χ3v) is 6.22. The minimum absolute atomic E-state index is 0.00261. The van der Waals surface area contributed by atoms with E-state index in [0.717, 1.165) is 37.9 Å². The molecule has 2 aromatic heterocycles. The Hall–Kier alpha value is -3.39. The number of aromatic nitrogens is 4. The maximum Gasteiger partial charge on any atom is 0.262 e. The number of nitrogens with zero attached hydrogens (tertiary/aromatic N) is 5. The molecule has 0 bridgehead atoms. The quantitative estimate of drug-likeness (QED) is 0.514. The van der Waals surface area contributed by atoms with Gasteiger partial charge < -0.3 is 10.2 Å². The molecule has 9 heteroatoms. The van der Waals surface area contributed by atoms with Gasteiger partial charge in [-0.3, -0.25) is 18.6 Å². The summed E-state index contributed by atoms with van der Waals surface area (Å²) in [6.45, 7) is 1.86. The van der Waals surface area contributed by atoms with E-state index in [0.29, 0.717) is 39.8 Å². The zero-order valence-corrected chi connectivity index (χ0v) is 18.5. The number of benzene rings is 2. The molecule has 1 saturated heterocycles. The molecule has 1 fully saturated rings. The Bertz CT molecular complexity index is 1390. The second kappa shape index (κ2) is 8.27. The highest BCUT2D eigenvalue weighted by molar-refractivity contribution is 6.31. The molecule has 0 spiro atoms. The van der Waals surface area contributed by atoms with Crippen molar-refractivity contribution in [2.45, 2.75) is 25.8 Å². The van der Waals surface area contributed by atoms with Crippen molar-refractivity contribution >= 4 is 39.9 Å². The Morgan fingerprint density at radius 2 is 1.88 bits per heavy atom. The van der Waals surface area contributed by atoms with Crippen LogP contribution in [0.15, 0.2) is 47.3 Å². The van der Waals surface area contributed by atoms with Crippen LogP contribution in [0.5, 0.6) is 0 Å². The minimum atomic E-state index is -0.121. The van der Waals surface area contributed by atoms with Gasteiger partial charge in [0.25, 0.3) is 11.5 Å². The van der Waals surface area contributed by atoms with Crippen LogP contribution in [0.4, 0.5) is 5.69 Å². The molecule has 3 heterocycles. The molecule has 0 atom stereocenters. The van der Waals surface area contributed by atoms with Gasteiger partial charge in [-0.25, -0.2) is 0 Å². The van der Waals surface area contributed by atoms with Crippen molar-refractivity contribution in [2.24, 2.45) is 7.05 Å². The maximum absolute atomic E-state index is 13.1. The topological polar surface area (TPSA) is 84.5 Å². The standard InChI is InChI=1S/C23H23ClN6O2/c1-28-21(31)17-7-3-4-8-19(17)30-20(26-27-23(28)30)14-25-18-13-15(24)9-10-16(18)22(32)29-11-5-2-6-12-29/h3-4,7-10,13,25H,2,5-6,11-12,14H2,1H3. The second-order valence-electron chi connectivity index (χ2n) is 8.03. The van der Waals surface area contributed by atoms with Gasteiger partial charge in [-0.05, 0) is 49.6 Å². The Kier molecular flexibility index (Phi) is 5.30. The summed E-state index contributed by atoms with van der Waals surface area (Å²) in [7, 11) is 1.68. The number of carbonyl (C=O) groups is 1. The van der Waals surface area contributed by atoms with Crippen LogP contribution in [0.1, 0.15) is 35.4 Å². The average Bonchev–Trinajstić information content (AvgIpc) is 3.26. The van der Waals surface area contributed by atoms with Crippen molar-refractivity contribution in [3.05, 3.63) is 69.2 Å². The summed E-state index contributed by atoms with van der Waals surface area (Å²) in [5, 5.41) is 13.0. The lowest BCUT2D eigenvalue weighted by Gasteiger charge is -2.27. The molecule has 1 aliphatic rings. The van der Waals surface area contributed by atoms with Crippen molar-refractivity contribution in [2.75, 3.05) is 18.4 Å². The lowest BCUT2D eigenvalue weighted by atomic mass is 10.1. The SMILES string of the molecule is Cn1c(=O)c2ccccc2n2c(CNc3cc(Cl)ccc3C(=O)N3CCCCC3)nnc12. The Morgan fingerprint density at radius 3 is 2.69 bits per heavy atom. The number of para-hydroxylation sites is 1. The van der Waals surface area contributed by atoms with Crippen molar-refractivity contribution < 1.29 is 4.79 Å². The normalized spacial score (nSPS) is 14.2. The van der Waals surface area contributed by atoms with Gasteiger partial charge in [0.2, 0.25) is 5.78 Å². The monoisotopic (exact) mass is 450 g/mol. The van der Waals surface area contributed by atoms with Gasteiger partial charge in [-0.2, -0.15) is 0 Å². The number of anilines is 1. The van der Waals surface area contributed by atoms with Crippen molar-refractivity contribution in [3.8, 4) is 0 Å². The number of rotatable bonds is 4. The molecule has 5 rings (SSSR count). The third-order valence-electron chi connectivity index (χ3n) is 5.99. The summed E-state index contributed by atoms with van der Waals surface area (Å²) < 4.78 is 3.35. The number of hydrogen-bond donors (Lipinski definition) is 1. The second-order valence-corrected chi connectivity index (χ2v) is 8.47. The Balaban J connectivity index is 1.51. The number of halogens is 1. The van der Waals surface area contributed by atoms with Crippen LogP contribution in [0.25, 0.3) is 16.7 Å². The molecular formula is C23H23ClN6O2. The number of piperidine rings is 1. The lowest BCUT2D eigenvalue weighted by molar-refractivity contribution is 0.0725. The molecule has 1 N–H and O–H groups in total. The van der Waals surface area contributed by atoms with Crippen LogP contribution in [-0.4, -0.2) is 43.1 Å². The highest BCUT2D eigenvalue weighted by Crippen LogP contribution is 2.25. The highest BCUT2D eigenvalue weighted by Gasteiger charge is 2.21. The fourth-order valence-corrected chi connectivity index (χ4v) is 4.47. The molecule has 1 aliphatic heterocycles. The first kappa shape index (κ1) is 20.5. The zero-order chi connectivity index (χ0) is 22.2. The first-order valence-electron chi connectivity index (χ1n) is 10.7. The van der Waals surface area contributed by atoms with Crippen LogP contribution in [-0.2, 0) is 13.6 Å². The van der Waals surface area contributed by atoms with Crippen LogP contribution in [0.3, 0.4) is 0 Å². The highest BCUT2D eigenvalue weighted by atomic mass is 35.5. The summed E-state index contributed by atoms with van der Waals surface area (Å²) in [5.74, 6) is 1.09.